The molecule has 3 nitrogen and oxygen atoms in total. The first-order valence-corrected chi connectivity index (χ1v) is 22.1. The predicted octanol–water partition coefficient (Wildman–Crippen LogP) is 16.0. The van der Waals surface area contributed by atoms with E-state index in [1.165, 1.54) is 87.6 Å². The normalized spacial score (nSPS) is 13.0. The maximum atomic E-state index is 5.39. The third kappa shape index (κ3) is 5.54. The van der Waals surface area contributed by atoms with Crippen LogP contribution in [0, 0.1) is 0 Å². The molecule has 1 aliphatic carbocycles. The average molecular weight is 816 g/mol. The van der Waals surface area contributed by atoms with Gasteiger partial charge < -0.3 is 0 Å². The van der Waals surface area contributed by atoms with Gasteiger partial charge in [-0.3, -0.25) is 4.57 Å². The number of benzene rings is 10. The van der Waals surface area contributed by atoms with Crippen LogP contribution in [0.2, 0.25) is 0 Å². The van der Waals surface area contributed by atoms with Gasteiger partial charge in [-0.1, -0.05) is 184 Å². The number of hydrogen-bond acceptors (Lipinski definition) is 2. The maximum absolute atomic E-state index is 5.39. The van der Waals surface area contributed by atoms with Gasteiger partial charge in [-0.25, -0.2) is 9.97 Å². The van der Waals surface area contributed by atoms with E-state index < -0.39 is 0 Å². The predicted molar refractivity (Wildman–Crippen MR) is 268 cm³/mol. The zero-order valence-corrected chi connectivity index (χ0v) is 35.5. The van der Waals surface area contributed by atoms with E-state index in [2.05, 4.69) is 225 Å². The highest BCUT2D eigenvalue weighted by molar-refractivity contribution is 6.29. The molecular formula is C61H41N3. The molecule has 1 aliphatic rings. The largest absolute Gasteiger partial charge is 0.294 e. The molecule has 0 saturated heterocycles. The Kier molecular flexibility index (Phi) is 7.95. The van der Waals surface area contributed by atoms with Gasteiger partial charge in [-0.05, 0) is 113 Å². The van der Waals surface area contributed by atoms with E-state index in [9.17, 15) is 0 Å². The van der Waals surface area contributed by atoms with Gasteiger partial charge >= 0.3 is 0 Å². The number of nitrogens with zero attached hydrogens (tertiary/aromatic N) is 3. The summed E-state index contributed by atoms with van der Waals surface area (Å²) in [5.41, 5.74) is 15.3. The third-order valence-corrected chi connectivity index (χ3v) is 13.8. The molecule has 64 heavy (non-hydrogen) atoms. The molecule has 2 heterocycles. The average Bonchev–Trinajstić information content (AvgIpc) is 3.80. The second kappa shape index (κ2) is 13.9. The van der Waals surface area contributed by atoms with Gasteiger partial charge in [0.25, 0.3) is 0 Å². The molecule has 0 fully saturated rings. The van der Waals surface area contributed by atoms with Gasteiger partial charge in [0.2, 0.25) is 0 Å². The van der Waals surface area contributed by atoms with E-state index in [0.29, 0.717) is 5.82 Å². The third-order valence-electron chi connectivity index (χ3n) is 13.8. The summed E-state index contributed by atoms with van der Waals surface area (Å²) in [4.78, 5) is 10.6. The Bertz CT molecular complexity index is 3790. The van der Waals surface area contributed by atoms with Crippen LogP contribution in [-0.2, 0) is 5.41 Å². The standard InChI is InChI=1S/C61H41N3/c1-61(2)54-25-15-14-24-47(54)48-30-27-43(34-55(48)61)42-26-29-46-49(32-42)44-22-12-13-23-45(44)50-35-53-52-33-41(38-16-6-3-7-17-38)28-31-57(52)64(58(53)36-51(46)50)59-37-56(39-18-8-4-9-19-39)62-60(63-59)40-20-10-5-11-21-40/h3-37H,1-2H3. The van der Waals surface area contributed by atoms with Gasteiger partial charge in [0.15, 0.2) is 5.82 Å². The molecule has 0 saturated carbocycles. The first-order valence-electron chi connectivity index (χ1n) is 22.1. The number of hydrogen-bond donors (Lipinski definition) is 0. The Morgan fingerprint density at radius 3 is 1.62 bits per heavy atom. The Hall–Kier alpha value is -8.14. The zero-order chi connectivity index (χ0) is 42.5. The van der Waals surface area contributed by atoms with Crippen molar-refractivity contribution in [3.05, 3.63) is 223 Å². The summed E-state index contributed by atoms with van der Waals surface area (Å²) in [6.45, 7) is 4.72. The van der Waals surface area contributed by atoms with Crippen LogP contribution < -0.4 is 0 Å². The molecule has 0 radical (unpaired) electrons. The SMILES string of the molecule is CC1(C)c2ccccc2-c2ccc(-c3ccc4c(c3)c3ccccc3c3cc5c6cc(-c7ccccc7)ccc6n(-c6cc(-c7ccccc7)nc(-c7ccccc7)n6)c5cc43)cc21. The minimum atomic E-state index is -0.0687. The number of fused-ring (bicyclic) bond motifs is 12. The van der Waals surface area contributed by atoms with E-state index in [-0.39, 0.29) is 5.41 Å². The summed E-state index contributed by atoms with van der Waals surface area (Å²) in [7, 11) is 0. The molecule has 2 aromatic heterocycles. The highest BCUT2D eigenvalue weighted by Gasteiger charge is 2.35. The first-order chi connectivity index (χ1) is 31.5. The summed E-state index contributed by atoms with van der Waals surface area (Å²) in [6.07, 6.45) is 0. The van der Waals surface area contributed by atoms with Crippen LogP contribution in [-0.4, -0.2) is 14.5 Å². The second-order valence-electron chi connectivity index (χ2n) is 17.8. The quantitative estimate of drug-likeness (QED) is 0.162. The first kappa shape index (κ1) is 36.5. The summed E-state index contributed by atoms with van der Waals surface area (Å²) in [5.74, 6) is 1.52. The van der Waals surface area contributed by atoms with Crippen molar-refractivity contribution in [3.8, 4) is 61.8 Å². The van der Waals surface area contributed by atoms with Gasteiger partial charge in [-0.2, -0.15) is 0 Å². The van der Waals surface area contributed by atoms with Crippen molar-refractivity contribution in [2.75, 3.05) is 0 Å². The minimum Gasteiger partial charge on any atom is -0.294 e. The fourth-order valence-electron chi connectivity index (χ4n) is 10.6. The van der Waals surface area contributed by atoms with Crippen molar-refractivity contribution >= 4 is 54.1 Å². The fraction of sp³-hybridized carbons (Fsp3) is 0.0492. The highest BCUT2D eigenvalue weighted by atomic mass is 15.1. The van der Waals surface area contributed by atoms with Crippen molar-refractivity contribution in [1.82, 2.24) is 14.5 Å². The molecule has 3 heteroatoms. The summed E-state index contributed by atoms with van der Waals surface area (Å²) < 4.78 is 2.36. The molecule has 12 aromatic rings. The van der Waals surface area contributed by atoms with Crippen LogP contribution in [0.15, 0.2) is 212 Å². The Morgan fingerprint density at radius 2 is 0.859 bits per heavy atom. The molecule has 0 bridgehead atoms. The minimum absolute atomic E-state index is 0.0687. The van der Waals surface area contributed by atoms with Crippen LogP contribution in [0.5, 0.6) is 0 Å². The molecule has 0 N–H and O–H groups in total. The topological polar surface area (TPSA) is 30.7 Å². The van der Waals surface area contributed by atoms with Crippen molar-refractivity contribution in [3.63, 3.8) is 0 Å². The maximum Gasteiger partial charge on any atom is 0.162 e. The Labute approximate surface area is 371 Å². The van der Waals surface area contributed by atoms with Crippen LogP contribution in [0.25, 0.3) is 116 Å². The van der Waals surface area contributed by atoms with Gasteiger partial charge in [0.05, 0.1) is 16.7 Å². The van der Waals surface area contributed by atoms with Crippen LogP contribution in [0.3, 0.4) is 0 Å². The van der Waals surface area contributed by atoms with Crippen molar-refractivity contribution in [2.45, 2.75) is 19.3 Å². The van der Waals surface area contributed by atoms with E-state index in [1.54, 1.807) is 0 Å². The zero-order valence-electron chi connectivity index (χ0n) is 35.5. The number of aromatic nitrogens is 3. The fourth-order valence-corrected chi connectivity index (χ4v) is 10.6. The highest BCUT2D eigenvalue weighted by Crippen LogP contribution is 2.50. The summed E-state index contributed by atoms with van der Waals surface area (Å²) >= 11 is 0. The molecule has 0 spiro atoms. The molecule has 13 rings (SSSR count). The number of rotatable bonds is 5. The summed E-state index contributed by atoms with van der Waals surface area (Å²) in [6, 6.07) is 77.3. The van der Waals surface area contributed by atoms with Crippen LogP contribution >= 0.6 is 0 Å². The monoisotopic (exact) mass is 815 g/mol. The lowest BCUT2D eigenvalue weighted by atomic mass is 9.81. The van der Waals surface area contributed by atoms with Crippen LogP contribution in [0.1, 0.15) is 25.0 Å². The smallest absolute Gasteiger partial charge is 0.162 e. The lowest BCUT2D eigenvalue weighted by molar-refractivity contribution is 0.660. The molecule has 0 aliphatic heterocycles. The lowest BCUT2D eigenvalue weighted by Crippen LogP contribution is -2.14. The van der Waals surface area contributed by atoms with Crippen molar-refractivity contribution in [1.29, 1.82) is 0 Å². The Balaban J connectivity index is 1.09. The van der Waals surface area contributed by atoms with Gasteiger partial charge in [-0.15, -0.1) is 0 Å². The molecule has 0 unspecified atom stereocenters. The van der Waals surface area contributed by atoms with Crippen molar-refractivity contribution in [2.24, 2.45) is 0 Å². The molecule has 10 aromatic carbocycles. The molecule has 0 amide bonds. The van der Waals surface area contributed by atoms with Gasteiger partial charge in [0.1, 0.15) is 5.82 Å². The second-order valence-corrected chi connectivity index (χ2v) is 17.8. The van der Waals surface area contributed by atoms with Gasteiger partial charge in [0, 0.05) is 33.4 Å². The van der Waals surface area contributed by atoms with E-state index in [4.69, 9.17) is 9.97 Å². The van der Waals surface area contributed by atoms with E-state index in [0.717, 1.165) is 33.7 Å². The molecule has 0 atom stereocenters. The molecular weight excluding hydrogens is 775 g/mol. The Morgan fingerprint density at radius 1 is 0.328 bits per heavy atom. The van der Waals surface area contributed by atoms with Crippen molar-refractivity contribution < 1.29 is 0 Å². The van der Waals surface area contributed by atoms with E-state index >= 15 is 0 Å². The van der Waals surface area contributed by atoms with Crippen LogP contribution in [0.4, 0.5) is 0 Å². The summed E-state index contributed by atoms with van der Waals surface area (Å²) in [5, 5.41) is 9.79. The van der Waals surface area contributed by atoms with E-state index in [1.807, 2.05) is 6.07 Å². The molecule has 300 valence electrons. The lowest BCUT2D eigenvalue weighted by Gasteiger charge is -2.22.